The minimum atomic E-state index is -0.883. The highest BCUT2D eigenvalue weighted by atomic mass is 32.2. The zero-order valence-electron chi connectivity index (χ0n) is 12.0. The summed E-state index contributed by atoms with van der Waals surface area (Å²) in [6, 6.07) is 5.44. The lowest BCUT2D eigenvalue weighted by molar-refractivity contribution is -0.137. The van der Waals surface area contributed by atoms with Crippen LogP contribution in [0.4, 0.5) is 0 Å². The highest BCUT2D eigenvalue weighted by Gasteiger charge is 2.31. The number of fused-ring (bicyclic) bond motifs is 1. The van der Waals surface area contributed by atoms with E-state index in [0.29, 0.717) is 33.7 Å². The molecule has 0 atom stereocenters. The smallest absolute Gasteiger partial charge is 0.303 e. The van der Waals surface area contributed by atoms with Crippen LogP contribution in [0, 0.1) is 0 Å². The predicted molar refractivity (Wildman–Crippen MR) is 89.3 cm³/mol. The van der Waals surface area contributed by atoms with Crippen molar-refractivity contribution in [1.29, 1.82) is 0 Å². The number of thioether (sulfide) groups is 1. The van der Waals surface area contributed by atoms with Crippen LogP contribution in [0.15, 0.2) is 23.1 Å². The van der Waals surface area contributed by atoms with Gasteiger partial charge in [0.05, 0.1) is 4.91 Å². The normalized spacial score (nSPS) is 18.1. The number of carbonyl (C=O) groups excluding carboxylic acids is 1. The molecule has 0 unspecified atom stereocenters. The monoisotopic (exact) mass is 351 g/mol. The summed E-state index contributed by atoms with van der Waals surface area (Å²) in [4.78, 5) is 24.9. The molecule has 0 aliphatic carbocycles. The Kier molecular flexibility index (Phi) is 4.53. The third kappa shape index (κ3) is 3.48. The second kappa shape index (κ2) is 6.59. The lowest BCUT2D eigenvalue weighted by atomic mass is 10.2. The largest absolute Gasteiger partial charge is 0.481 e. The first-order chi connectivity index (χ1) is 11.0. The molecule has 1 N–H and O–H groups in total. The Morgan fingerprint density at radius 1 is 1.39 bits per heavy atom. The van der Waals surface area contributed by atoms with Gasteiger partial charge >= 0.3 is 5.97 Å². The first kappa shape index (κ1) is 15.8. The van der Waals surface area contributed by atoms with Crippen molar-refractivity contribution in [1.82, 2.24) is 4.90 Å². The second-order valence-electron chi connectivity index (χ2n) is 4.94. The highest BCUT2D eigenvalue weighted by Crippen LogP contribution is 2.36. The number of hydrogen-bond acceptors (Lipinski definition) is 6. The van der Waals surface area contributed by atoms with Crippen molar-refractivity contribution in [2.75, 3.05) is 13.3 Å². The highest BCUT2D eigenvalue weighted by molar-refractivity contribution is 8.26. The van der Waals surface area contributed by atoms with Crippen molar-refractivity contribution in [2.24, 2.45) is 0 Å². The van der Waals surface area contributed by atoms with E-state index in [4.69, 9.17) is 26.8 Å². The van der Waals surface area contributed by atoms with Crippen LogP contribution in [0.25, 0.3) is 6.08 Å². The molecule has 0 bridgehead atoms. The van der Waals surface area contributed by atoms with Crippen molar-refractivity contribution >= 4 is 46.3 Å². The molecule has 6 nitrogen and oxygen atoms in total. The number of aliphatic carboxylic acids is 1. The van der Waals surface area contributed by atoms with Gasteiger partial charge in [-0.15, -0.1) is 0 Å². The average Bonchev–Trinajstić information content (AvgIpc) is 3.06. The number of thiocarbonyl (C=S) groups is 1. The van der Waals surface area contributed by atoms with Crippen molar-refractivity contribution in [3.8, 4) is 11.5 Å². The van der Waals surface area contributed by atoms with Crippen molar-refractivity contribution in [2.45, 2.75) is 12.8 Å². The van der Waals surface area contributed by atoms with Gasteiger partial charge < -0.3 is 14.6 Å². The fourth-order valence-corrected chi connectivity index (χ4v) is 3.54. The summed E-state index contributed by atoms with van der Waals surface area (Å²) in [6.07, 6.45) is 2.13. The topological polar surface area (TPSA) is 76.1 Å². The molecule has 1 fully saturated rings. The first-order valence-corrected chi connectivity index (χ1v) is 8.14. The van der Waals surface area contributed by atoms with Gasteiger partial charge in [0.25, 0.3) is 5.91 Å². The van der Waals surface area contributed by atoms with Gasteiger partial charge in [0.2, 0.25) is 6.79 Å². The van der Waals surface area contributed by atoms with Crippen molar-refractivity contribution in [3.63, 3.8) is 0 Å². The lowest BCUT2D eigenvalue weighted by Gasteiger charge is -2.13. The quantitative estimate of drug-likeness (QED) is 0.645. The maximum atomic E-state index is 12.4. The number of carboxylic acids is 1. The van der Waals surface area contributed by atoms with E-state index >= 15 is 0 Å². The lowest BCUT2D eigenvalue weighted by Crippen LogP contribution is -2.29. The van der Waals surface area contributed by atoms with Gasteiger partial charge in [-0.1, -0.05) is 30.0 Å². The van der Waals surface area contributed by atoms with Gasteiger partial charge in [0.15, 0.2) is 11.5 Å². The molecule has 0 radical (unpaired) electrons. The minimum absolute atomic E-state index is 0.0122. The first-order valence-electron chi connectivity index (χ1n) is 6.91. The van der Waals surface area contributed by atoms with Crippen LogP contribution in [0.2, 0.25) is 0 Å². The third-order valence-corrected chi connectivity index (χ3v) is 4.72. The van der Waals surface area contributed by atoms with E-state index in [2.05, 4.69) is 0 Å². The maximum Gasteiger partial charge on any atom is 0.303 e. The van der Waals surface area contributed by atoms with E-state index in [1.54, 1.807) is 18.2 Å². The molecule has 8 heteroatoms. The van der Waals surface area contributed by atoms with Gasteiger partial charge in [-0.2, -0.15) is 0 Å². The molecule has 0 aromatic heterocycles. The van der Waals surface area contributed by atoms with E-state index in [9.17, 15) is 9.59 Å². The van der Waals surface area contributed by atoms with Crippen LogP contribution in [0.5, 0.6) is 11.5 Å². The third-order valence-electron chi connectivity index (χ3n) is 3.34. The molecule has 0 spiro atoms. The molecule has 23 heavy (non-hydrogen) atoms. The summed E-state index contributed by atoms with van der Waals surface area (Å²) >= 11 is 6.42. The Hall–Kier alpha value is -2.06. The zero-order chi connectivity index (χ0) is 16.4. The number of rotatable bonds is 5. The summed E-state index contributed by atoms with van der Waals surface area (Å²) in [6.45, 7) is 0.514. The SMILES string of the molecule is O=C(O)CCCN1C(=O)/C(=C/c2ccc3c(c2)OCO3)SC1=S. The summed E-state index contributed by atoms with van der Waals surface area (Å²) in [5.41, 5.74) is 0.820. The van der Waals surface area contributed by atoms with Crippen LogP contribution in [-0.4, -0.2) is 39.5 Å². The number of benzene rings is 1. The molecule has 120 valence electrons. The van der Waals surface area contributed by atoms with Crippen molar-refractivity contribution < 1.29 is 24.2 Å². The standard InChI is InChI=1S/C15H13NO5S2/c17-13(18)2-1-5-16-14(19)12(23-15(16)22)7-9-3-4-10-11(6-9)21-8-20-10/h3-4,6-7H,1-2,5,8H2,(H,17,18)/b12-7-. The van der Waals surface area contributed by atoms with E-state index in [0.717, 1.165) is 5.56 Å². The molecule has 1 aromatic rings. The predicted octanol–water partition coefficient (Wildman–Crippen LogP) is 2.48. The molecule has 0 saturated carbocycles. The minimum Gasteiger partial charge on any atom is -0.481 e. The number of ether oxygens (including phenoxy) is 2. The van der Waals surface area contributed by atoms with Crippen molar-refractivity contribution in [3.05, 3.63) is 28.7 Å². The van der Waals surface area contributed by atoms with Gasteiger partial charge in [0.1, 0.15) is 4.32 Å². The summed E-state index contributed by atoms with van der Waals surface area (Å²) in [7, 11) is 0. The van der Waals surface area contributed by atoms with E-state index in [1.807, 2.05) is 6.07 Å². The summed E-state index contributed by atoms with van der Waals surface area (Å²) in [5.74, 6) is 0.258. The number of amides is 1. The van der Waals surface area contributed by atoms with Crippen LogP contribution in [0.1, 0.15) is 18.4 Å². The number of carbonyl (C=O) groups is 2. The average molecular weight is 351 g/mol. The molecule has 1 amide bonds. The Labute approximate surface area is 142 Å². The van der Waals surface area contributed by atoms with Gasteiger partial charge in [0, 0.05) is 13.0 Å². The van der Waals surface area contributed by atoms with Gasteiger partial charge in [-0.05, 0) is 30.2 Å². The van der Waals surface area contributed by atoms with Crippen LogP contribution in [0.3, 0.4) is 0 Å². The number of hydrogen-bond donors (Lipinski definition) is 1. The second-order valence-corrected chi connectivity index (χ2v) is 6.62. The maximum absolute atomic E-state index is 12.4. The summed E-state index contributed by atoms with van der Waals surface area (Å²) in [5, 5.41) is 8.67. The van der Waals surface area contributed by atoms with Crippen LogP contribution >= 0.6 is 24.0 Å². The zero-order valence-corrected chi connectivity index (χ0v) is 13.6. The van der Waals surface area contributed by atoms with Crippen LogP contribution < -0.4 is 9.47 Å². The molecule has 1 saturated heterocycles. The van der Waals surface area contributed by atoms with E-state index in [-0.39, 0.29) is 19.1 Å². The van der Waals surface area contributed by atoms with Gasteiger partial charge in [-0.3, -0.25) is 14.5 Å². The Bertz CT molecular complexity index is 716. The molecule has 2 aliphatic rings. The number of carboxylic acid groups (broad SMARTS) is 1. The molecular formula is C15H13NO5S2. The Balaban J connectivity index is 1.72. The molecular weight excluding hydrogens is 338 g/mol. The van der Waals surface area contributed by atoms with E-state index in [1.165, 1.54) is 16.7 Å². The Morgan fingerprint density at radius 3 is 2.96 bits per heavy atom. The molecule has 3 rings (SSSR count). The summed E-state index contributed by atoms with van der Waals surface area (Å²) < 4.78 is 11.0. The molecule has 1 aromatic carbocycles. The number of nitrogens with zero attached hydrogens (tertiary/aromatic N) is 1. The van der Waals surface area contributed by atoms with E-state index < -0.39 is 5.97 Å². The Morgan fingerprint density at radius 2 is 2.17 bits per heavy atom. The van der Waals surface area contributed by atoms with Gasteiger partial charge in [-0.25, -0.2) is 0 Å². The molecule has 2 aliphatic heterocycles. The molecule has 2 heterocycles. The van der Waals surface area contributed by atoms with Crippen LogP contribution in [-0.2, 0) is 9.59 Å². The fraction of sp³-hybridized carbons (Fsp3) is 0.267. The fourth-order valence-electron chi connectivity index (χ4n) is 2.24.